The van der Waals surface area contributed by atoms with Crippen LogP contribution in [-0.2, 0) is 4.74 Å². The molecule has 0 aromatic carbocycles. The van der Waals surface area contributed by atoms with E-state index in [1.54, 1.807) is 29.6 Å². The highest BCUT2D eigenvalue weighted by Crippen LogP contribution is 2.20. The molecule has 17 heavy (non-hydrogen) atoms. The third kappa shape index (κ3) is 14.0. The third-order valence-corrected chi connectivity index (χ3v) is 3.31. The van der Waals surface area contributed by atoms with E-state index >= 15 is 0 Å². The summed E-state index contributed by atoms with van der Waals surface area (Å²) in [7, 11) is 0. The molecule has 0 aromatic rings. The molecule has 0 aromatic heterocycles. The first-order chi connectivity index (χ1) is 8.10. The van der Waals surface area contributed by atoms with Crippen molar-refractivity contribution in [2.75, 3.05) is 18.6 Å². The fraction of sp³-hybridized carbons (Fsp3) is 0.692. The normalized spacial score (nSPS) is 13.0. The number of allylic oxidation sites excluding steroid dienone is 1. The lowest BCUT2D eigenvalue weighted by Gasteiger charge is -2.13. The second kappa shape index (κ2) is 14.2. The lowest BCUT2D eigenvalue weighted by atomic mass is 10.4. The highest BCUT2D eigenvalue weighted by atomic mass is 32.2. The number of hydrogen-bond donors (Lipinski definition) is 1. The Balaban J connectivity index is 0. The Morgan fingerprint density at radius 2 is 2.00 bits per heavy atom. The summed E-state index contributed by atoms with van der Waals surface area (Å²) in [6.45, 7) is 12.0. The van der Waals surface area contributed by atoms with E-state index in [1.807, 2.05) is 39.4 Å². The molecule has 0 saturated carbocycles. The topological polar surface area (TPSA) is 29.5 Å². The molecule has 0 amide bonds. The Labute approximate surface area is 115 Å². The Morgan fingerprint density at radius 1 is 1.41 bits per heavy atom. The van der Waals surface area contributed by atoms with E-state index in [2.05, 4.69) is 6.58 Å². The summed E-state index contributed by atoms with van der Waals surface area (Å²) in [5.41, 5.74) is 0. The maximum absolute atomic E-state index is 9.60. The van der Waals surface area contributed by atoms with Crippen LogP contribution in [0, 0.1) is 0 Å². The number of aliphatic hydroxyl groups is 1. The van der Waals surface area contributed by atoms with Crippen LogP contribution >= 0.6 is 23.5 Å². The van der Waals surface area contributed by atoms with Gasteiger partial charge >= 0.3 is 0 Å². The fourth-order valence-corrected chi connectivity index (χ4v) is 2.29. The fourth-order valence-electron chi connectivity index (χ4n) is 0.801. The molecule has 0 radical (unpaired) electrons. The lowest BCUT2D eigenvalue weighted by Crippen LogP contribution is -2.20. The predicted octanol–water partition coefficient (Wildman–Crippen LogP) is 3.92. The van der Waals surface area contributed by atoms with Crippen molar-refractivity contribution in [2.45, 2.75) is 39.9 Å². The molecule has 0 saturated heterocycles. The van der Waals surface area contributed by atoms with Gasteiger partial charge in [-0.05, 0) is 25.5 Å². The second-order valence-electron chi connectivity index (χ2n) is 3.31. The summed E-state index contributed by atoms with van der Waals surface area (Å²) >= 11 is 3.24. The smallest absolute Gasteiger partial charge is 0.0867 e. The molecule has 1 unspecified atom stereocenters. The van der Waals surface area contributed by atoms with Gasteiger partial charge in [0.2, 0.25) is 0 Å². The summed E-state index contributed by atoms with van der Waals surface area (Å²) in [6, 6.07) is 0. The minimum atomic E-state index is -0.414. The van der Waals surface area contributed by atoms with E-state index in [4.69, 9.17) is 4.74 Å². The zero-order valence-electron chi connectivity index (χ0n) is 11.6. The summed E-state index contributed by atoms with van der Waals surface area (Å²) in [6.07, 6.45) is 3.56. The van der Waals surface area contributed by atoms with Crippen LogP contribution in [0.25, 0.3) is 0 Å². The SMILES string of the molecule is C=C/C(=C\SC)SCC(O)COC(C)C.CC. The van der Waals surface area contributed by atoms with Crippen molar-refractivity contribution in [3.63, 3.8) is 0 Å². The predicted molar refractivity (Wildman–Crippen MR) is 82.7 cm³/mol. The zero-order chi connectivity index (χ0) is 13.7. The molecule has 102 valence electrons. The summed E-state index contributed by atoms with van der Waals surface area (Å²) in [5.74, 6) is 0.644. The third-order valence-electron chi connectivity index (χ3n) is 1.50. The molecule has 0 spiro atoms. The van der Waals surface area contributed by atoms with Gasteiger partial charge in [0.1, 0.15) is 0 Å². The highest BCUT2D eigenvalue weighted by molar-refractivity contribution is 8.06. The van der Waals surface area contributed by atoms with Crippen LogP contribution in [-0.4, -0.2) is 35.9 Å². The van der Waals surface area contributed by atoms with Gasteiger partial charge in [-0.2, -0.15) is 0 Å². The first kappa shape index (κ1) is 19.4. The molecule has 0 fully saturated rings. The van der Waals surface area contributed by atoms with Crippen LogP contribution < -0.4 is 0 Å². The average Bonchev–Trinajstić information content (AvgIpc) is 2.34. The van der Waals surface area contributed by atoms with Crippen LogP contribution in [0.5, 0.6) is 0 Å². The van der Waals surface area contributed by atoms with Gasteiger partial charge in [-0.15, -0.1) is 23.5 Å². The standard InChI is InChI=1S/C11H20O2S2.C2H6/c1-5-11(8-14-4)15-7-10(12)6-13-9(2)3;1-2/h5,8-10,12H,1,6-7H2,2-4H3;1-2H3/b11-8+;. The Bertz CT molecular complexity index is 204. The molecule has 1 atom stereocenters. The van der Waals surface area contributed by atoms with Gasteiger partial charge in [0.05, 0.1) is 18.8 Å². The minimum absolute atomic E-state index is 0.172. The van der Waals surface area contributed by atoms with Crippen molar-refractivity contribution >= 4 is 23.5 Å². The Hall–Kier alpha value is 0.1000. The van der Waals surface area contributed by atoms with Gasteiger partial charge in [0.25, 0.3) is 0 Å². The number of ether oxygens (including phenoxy) is 1. The van der Waals surface area contributed by atoms with Gasteiger partial charge in [-0.1, -0.05) is 26.5 Å². The van der Waals surface area contributed by atoms with Crippen LogP contribution in [0.15, 0.2) is 23.0 Å². The van der Waals surface area contributed by atoms with E-state index in [0.717, 1.165) is 4.91 Å². The number of rotatable bonds is 8. The van der Waals surface area contributed by atoms with Gasteiger partial charge in [-0.3, -0.25) is 0 Å². The van der Waals surface area contributed by atoms with E-state index in [1.165, 1.54) is 0 Å². The molecule has 0 aliphatic carbocycles. The summed E-state index contributed by atoms with van der Waals surface area (Å²) in [5, 5.41) is 11.6. The van der Waals surface area contributed by atoms with Gasteiger partial charge in [0, 0.05) is 10.7 Å². The maximum Gasteiger partial charge on any atom is 0.0867 e. The monoisotopic (exact) mass is 278 g/mol. The number of aliphatic hydroxyl groups excluding tert-OH is 1. The summed E-state index contributed by atoms with van der Waals surface area (Å²) in [4.78, 5) is 1.09. The Morgan fingerprint density at radius 3 is 2.41 bits per heavy atom. The largest absolute Gasteiger partial charge is 0.390 e. The molecule has 0 aliphatic heterocycles. The molecule has 0 aliphatic rings. The maximum atomic E-state index is 9.60. The quantitative estimate of drug-likeness (QED) is 0.681. The number of thioether (sulfide) groups is 2. The van der Waals surface area contributed by atoms with Crippen molar-refractivity contribution in [1.29, 1.82) is 0 Å². The van der Waals surface area contributed by atoms with Crippen molar-refractivity contribution in [3.05, 3.63) is 23.0 Å². The molecule has 0 bridgehead atoms. The van der Waals surface area contributed by atoms with Crippen molar-refractivity contribution < 1.29 is 9.84 Å². The van der Waals surface area contributed by atoms with Crippen LogP contribution in [0.4, 0.5) is 0 Å². The van der Waals surface area contributed by atoms with E-state index in [-0.39, 0.29) is 6.10 Å². The first-order valence-corrected chi connectivity index (χ1v) is 8.15. The molecule has 2 nitrogen and oxygen atoms in total. The first-order valence-electron chi connectivity index (χ1n) is 5.88. The van der Waals surface area contributed by atoms with Crippen LogP contribution in [0.1, 0.15) is 27.7 Å². The van der Waals surface area contributed by atoms with Gasteiger partial charge in [-0.25, -0.2) is 0 Å². The van der Waals surface area contributed by atoms with Crippen molar-refractivity contribution in [2.24, 2.45) is 0 Å². The zero-order valence-corrected chi connectivity index (χ0v) is 13.2. The van der Waals surface area contributed by atoms with Gasteiger partial charge in [0.15, 0.2) is 0 Å². The highest BCUT2D eigenvalue weighted by Gasteiger charge is 2.06. The van der Waals surface area contributed by atoms with E-state index in [9.17, 15) is 5.11 Å². The number of hydrogen-bond acceptors (Lipinski definition) is 4. The lowest BCUT2D eigenvalue weighted by molar-refractivity contribution is 0.0153. The Kier molecular flexibility index (Phi) is 16.2. The van der Waals surface area contributed by atoms with Crippen LogP contribution in [0.3, 0.4) is 0 Å². The molecular formula is C13H26O2S2. The molecule has 4 heteroatoms. The average molecular weight is 278 g/mol. The molecule has 0 rings (SSSR count). The summed E-state index contributed by atoms with van der Waals surface area (Å²) < 4.78 is 5.32. The molecule has 1 N–H and O–H groups in total. The molecular weight excluding hydrogens is 252 g/mol. The van der Waals surface area contributed by atoms with Crippen molar-refractivity contribution in [3.8, 4) is 0 Å². The van der Waals surface area contributed by atoms with Gasteiger partial charge < -0.3 is 9.84 Å². The van der Waals surface area contributed by atoms with E-state index in [0.29, 0.717) is 12.4 Å². The van der Waals surface area contributed by atoms with Crippen LogP contribution in [0.2, 0.25) is 0 Å². The minimum Gasteiger partial charge on any atom is -0.390 e. The second-order valence-corrected chi connectivity index (χ2v) is 5.11. The van der Waals surface area contributed by atoms with E-state index < -0.39 is 6.10 Å². The van der Waals surface area contributed by atoms with Crippen molar-refractivity contribution in [1.82, 2.24) is 0 Å². The molecule has 0 heterocycles.